The average Bonchev–Trinajstić information content (AvgIpc) is 2.88. The van der Waals surface area contributed by atoms with Gasteiger partial charge in [-0.2, -0.15) is 0 Å². The first kappa shape index (κ1) is 13.4. The molecule has 0 heteroatoms. The molecule has 3 fully saturated rings. The highest BCUT2D eigenvalue weighted by Gasteiger charge is 2.74. The summed E-state index contributed by atoms with van der Waals surface area (Å²) in [5.74, 6) is 1.84. The third kappa shape index (κ3) is 1.15. The van der Waals surface area contributed by atoms with Crippen molar-refractivity contribution in [1.29, 1.82) is 0 Å². The Morgan fingerprint density at radius 2 is 1.75 bits per heavy atom. The molecule has 0 saturated heterocycles. The van der Waals surface area contributed by atoms with Crippen LogP contribution in [0.2, 0.25) is 0 Å². The van der Waals surface area contributed by atoms with Gasteiger partial charge in [0.2, 0.25) is 0 Å². The minimum atomic E-state index is 0.471. The maximum atomic E-state index is 2.73. The van der Waals surface area contributed by atoms with Crippen LogP contribution in [0.1, 0.15) is 79.6 Å². The molecule has 4 rings (SSSR count). The Bertz CT molecular complexity index is 484. The summed E-state index contributed by atoms with van der Waals surface area (Å²) in [4.78, 5) is 0. The fraction of sp³-hybridized carbons (Fsp3) is 0.900. The fourth-order valence-electron chi connectivity index (χ4n) is 7.99. The highest BCUT2D eigenvalue weighted by molar-refractivity contribution is 5.40. The lowest BCUT2D eigenvalue weighted by Gasteiger charge is -2.55. The van der Waals surface area contributed by atoms with Gasteiger partial charge in [0.1, 0.15) is 0 Å². The van der Waals surface area contributed by atoms with Crippen molar-refractivity contribution in [3.63, 3.8) is 0 Å². The molecule has 0 aromatic heterocycles. The van der Waals surface area contributed by atoms with E-state index in [-0.39, 0.29) is 0 Å². The van der Waals surface area contributed by atoms with Crippen molar-refractivity contribution in [2.75, 3.05) is 0 Å². The highest BCUT2D eigenvalue weighted by atomic mass is 14.8. The predicted octanol–water partition coefficient (Wildman–Crippen LogP) is 5.98. The van der Waals surface area contributed by atoms with Crippen molar-refractivity contribution < 1.29 is 0 Å². The molecule has 0 aromatic carbocycles. The smallest absolute Gasteiger partial charge is 0.00153 e. The van der Waals surface area contributed by atoms with Gasteiger partial charge in [0, 0.05) is 0 Å². The van der Waals surface area contributed by atoms with Gasteiger partial charge < -0.3 is 0 Å². The number of allylic oxidation sites excluding steroid dienone is 2. The molecule has 0 heterocycles. The van der Waals surface area contributed by atoms with Gasteiger partial charge in [-0.05, 0) is 72.0 Å². The van der Waals surface area contributed by atoms with Crippen LogP contribution in [0.25, 0.3) is 0 Å². The SMILES string of the molecule is C[C@@H]1C[C@@]2(C)CC[C@]34CCCC(C)(C)C3=CC[C@]24[C@@H]1C. The standard InChI is InChI=1S/C20H32/c1-14-13-18(5)11-12-19-9-6-8-17(3,4)16(19)7-10-20(18,19)15(14)2/h7,14-15H,6,8-13H2,1-5H3/t14-,15-,18-,19-,20+/m1/s1. The van der Waals surface area contributed by atoms with E-state index < -0.39 is 0 Å². The highest BCUT2D eigenvalue weighted by Crippen LogP contribution is 2.82. The van der Waals surface area contributed by atoms with Crippen molar-refractivity contribution in [2.24, 2.45) is 33.5 Å². The molecule has 0 nitrogen and oxygen atoms in total. The Balaban J connectivity index is 1.90. The largest absolute Gasteiger partial charge is 0.0836 e. The molecule has 2 spiro atoms. The Kier molecular flexibility index (Phi) is 2.38. The molecule has 0 unspecified atom stereocenters. The van der Waals surface area contributed by atoms with Gasteiger partial charge >= 0.3 is 0 Å². The zero-order valence-electron chi connectivity index (χ0n) is 14.2. The molecule has 0 aliphatic heterocycles. The van der Waals surface area contributed by atoms with Gasteiger partial charge in [0.15, 0.2) is 0 Å². The molecule has 0 bridgehead atoms. The van der Waals surface area contributed by atoms with Crippen LogP contribution in [0.5, 0.6) is 0 Å². The van der Waals surface area contributed by atoms with Gasteiger partial charge in [0.05, 0.1) is 0 Å². The monoisotopic (exact) mass is 272 g/mol. The lowest BCUT2D eigenvalue weighted by Crippen LogP contribution is -2.48. The second-order valence-corrected chi connectivity index (χ2v) is 9.64. The average molecular weight is 272 g/mol. The summed E-state index contributed by atoms with van der Waals surface area (Å²) in [5, 5.41) is 0. The number of hydrogen-bond acceptors (Lipinski definition) is 0. The minimum Gasteiger partial charge on any atom is -0.0836 e. The molecule has 4 aliphatic carbocycles. The van der Waals surface area contributed by atoms with E-state index in [4.69, 9.17) is 0 Å². The Morgan fingerprint density at radius 3 is 2.50 bits per heavy atom. The van der Waals surface area contributed by atoms with Gasteiger partial charge in [-0.3, -0.25) is 0 Å². The van der Waals surface area contributed by atoms with Crippen molar-refractivity contribution in [2.45, 2.75) is 79.6 Å². The van der Waals surface area contributed by atoms with Gasteiger partial charge in [0.25, 0.3) is 0 Å². The molecule has 0 radical (unpaired) electrons. The van der Waals surface area contributed by atoms with Crippen LogP contribution < -0.4 is 0 Å². The normalized spacial score (nSPS) is 56.1. The van der Waals surface area contributed by atoms with Crippen LogP contribution in [0.3, 0.4) is 0 Å². The summed E-state index contributed by atoms with van der Waals surface area (Å²) in [6.07, 6.45) is 13.0. The molecule has 0 N–H and O–H groups in total. The second-order valence-electron chi connectivity index (χ2n) is 9.64. The van der Waals surface area contributed by atoms with Crippen LogP contribution in [0.4, 0.5) is 0 Å². The van der Waals surface area contributed by atoms with E-state index in [1.165, 1.54) is 44.9 Å². The van der Waals surface area contributed by atoms with Crippen LogP contribution in [0, 0.1) is 33.5 Å². The molecule has 5 atom stereocenters. The van der Waals surface area contributed by atoms with Crippen molar-refractivity contribution in [3.8, 4) is 0 Å². The van der Waals surface area contributed by atoms with Gasteiger partial charge in [-0.25, -0.2) is 0 Å². The maximum Gasteiger partial charge on any atom is -0.00153 e. The fourth-order valence-corrected chi connectivity index (χ4v) is 7.99. The first-order valence-electron chi connectivity index (χ1n) is 9.00. The van der Waals surface area contributed by atoms with Crippen molar-refractivity contribution >= 4 is 0 Å². The van der Waals surface area contributed by atoms with E-state index in [9.17, 15) is 0 Å². The Hall–Kier alpha value is -0.260. The lowest BCUT2D eigenvalue weighted by atomic mass is 9.48. The van der Waals surface area contributed by atoms with Crippen LogP contribution in [0.15, 0.2) is 11.6 Å². The summed E-state index contributed by atoms with van der Waals surface area (Å²) in [5.41, 5.74) is 4.19. The summed E-state index contributed by atoms with van der Waals surface area (Å²) < 4.78 is 0. The maximum absolute atomic E-state index is 2.73. The summed E-state index contributed by atoms with van der Waals surface area (Å²) in [6.45, 7) is 12.8. The summed E-state index contributed by atoms with van der Waals surface area (Å²) >= 11 is 0. The zero-order valence-corrected chi connectivity index (χ0v) is 14.2. The summed E-state index contributed by atoms with van der Waals surface area (Å²) in [7, 11) is 0. The van der Waals surface area contributed by atoms with Crippen LogP contribution in [-0.4, -0.2) is 0 Å². The second kappa shape index (κ2) is 3.55. The van der Waals surface area contributed by atoms with Crippen molar-refractivity contribution in [3.05, 3.63) is 11.6 Å². The Labute approximate surface area is 125 Å². The van der Waals surface area contributed by atoms with E-state index in [0.717, 1.165) is 11.8 Å². The topological polar surface area (TPSA) is 0 Å². The molecular formula is C20H32. The third-order valence-electron chi connectivity index (χ3n) is 8.72. The lowest BCUT2D eigenvalue weighted by molar-refractivity contribution is -0.0219. The molecule has 20 heavy (non-hydrogen) atoms. The van der Waals surface area contributed by atoms with E-state index in [0.29, 0.717) is 21.7 Å². The van der Waals surface area contributed by atoms with Gasteiger partial charge in [-0.15, -0.1) is 0 Å². The van der Waals surface area contributed by atoms with E-state index in [1.807, 2.05) is 5.57 Å². The molecule has 112 valence electrons. The number of rotatable bonds is 0. The predicted molar refractivity (Wildman–Crippen MR) is 85.5 cm³/mol. The first-order valence-corrected chi connectivity index (χ1v) is 9.00. The van der Waals surface area contributed by atoms with Gasteiger partial charge in [-0.1, -0.05) is 52.7 Å². The van der Waals surface area contributed by atoms with Crippen molar-refractivity contribution in [1.82, 2.24) is 0 Å². The zero-order chi connectivity index (χ0) is 14.4. The molecule has 3 saturated carbocycles. The van der Waals surface area contributed by atoms with E-state index >= 15 is 0 Å². The molecular weight excluding hydrogens is 240 g/mol. The van der Waals surface area contributed by atoms with Crippen LogP contribution in [-0.2, 0) is 0 Å². The Morgan fingerprint density at radius 1 is 1.00 bits per heavy atom. The quantitative estimate of drug-likeness (QED) is 0.476. The van der Waals surface area contributed by atoms with E-state index in [1.54, 1.807) is 0 Å². The summed E-state index contributed by atoms with van der Waals surface area (Å²) in [6, 6.07) is 0. The number of hydrogen-bond donors (Lipinski definition) is 0. The minimum absolute atomic E-state index is 0.471. The molecule has 0 aromatic rings. The molecule has 4 aliphatic rings. The van der Waals surface area contributed by atoms with Crippen LogP contribution >= 0.6 is 0 Å². The first-order chi connectivity index (χ1) is 9.29. The molecule has 0 amide bonds. The van der Waals surface area contributed by atoms with E-state index in [2.05, 4.69) is 40.7 Å². The third-order valence-corrected chi connectivity index (χ3v) is 8.72.